The molecule has 0 bridgehead atoms. The summed E-state index contributed by atoms with van der Waals surface area (Å²) in [5.74, 6) is 0. The molecule has 1 aliphatic rings. The van der Waals surface area contributed by atoms with Crippen molar-refractivity contribution < 1.29 is 4.74 Å². The lowest BCUT2D eigenvalue weighted by Gasteiger charge is -2.40. The molecule has 0 radical (unpaired) electrons. The fourth-order valence-corrected chi connectivity index (χ4v) is 3.15. The van der Waals surface area contributed by atoms with Crippen LogP contribution in [0.4, 0.5) is 0 Å². The van der Waals surface area contributed by atoms with Crippen molar-refractivity contribution in [1.29, 1.82) is 0 Å². The van der Waals surface area contributed by atoms with Gasteiger partial charge in [-0.15, -0.1) is 0 Å². The first kappa shape index (κ1) is 16.9. The summed E-state index contributed by atoms with van der Waals surface area (Å²) >= 11 is 0. The molecule has 0 saturated heterocycles. The minimum atomic E-state index is 0.681. The van der Waals surface area contributed by atoms with E-state index in [0.717, 1.165) is 25.2 Å². The van der Waals surface area contributed by atoms with Crippen molar-refractivity contribution in [2.45, 2.75) is 77.4 Å². The predicted octanol–water partition coefficient (Wildman–Crippen LogP) is 3.04. The average molecular weight is 270 g/mol. The van der Waals surface area contributed by atoms with Gasteiger partial charge in [0.05, 0.1) is 6.61 Å². The summed E-state index contributed by atoms with van der Waals surface area (Å²) in [6, 6.07) is 2.21. The van der Waals surface area contributed by atoms with Crippen molar-refractivity contribution in [3.8, 4) is 0 Å². The smallest absolute Gasteiger partial charge is 0.0589 e. The van der Waals surface area contributed by atoms with Crippen molar-refractivity contribution in [1.82, 2.24) is 10.2 Å². The standard InChI is InChI=1S/C16H34N2O/c1-5-11-17-15-7-9-16(10-8-15)18(12-13-19-4)14(3)6-2/h14-17H,5-13H2,1-4H3. The highest BCUT2D eigenvalue weighted by Crippen LogP contribution is 2.25. The summed E-state index contributed by atoms with van der Waals surface area (Å²) in [5, 5.41) is 3.67. The molecule has 1 unspecified atom stereocenters. The summed E-state index contributed by atoms with van der Waals surface area (Å²) < 4.78 is 5.28. The van der Waals surface area contributed by atoms with Gasteiger partial charge >= 0.3 is 0 Å². The fourth-order valence-electron chi connectivity index (χ4n) is 3.15. The van der Waals surface area contributed by atoms with Crippen LogP contribution in [0.2, 0.25) is 0 Å². The van der Waals surface area contributed by atoms with Crippen LogP contribution in [0, 0.1) is 0 Å². The second-order valence-electron chi connectivity index (χ2n) is 5.95. The Balaban J connectivity index is 2.40. The van der Waals surface area contributed by atoms with Gasteiger partial charge in [-0.25, -0.2) is 0 Å². The second kappa shape index (κ2) is 9.73. The maximum atomic E-state index is 5.28. The van der Waals surface area contributed by atoms with Gasteiger partial charge in [-0.2, -0.15) is 0 Å². The van der Waals surface area contributed by atoms with Crippen LogP contribution in [0.1, 0.15) is 59.3 Å². The summed E-state index contributed by atoms with van der Waals surface area (Å²) in [6.07, 6.45) is 7.84. The summed E-state index contributed by atoms with van der Waals surface area (Å²) in [4.78, 5) is 2.68. The molecule has 114 valence electrons. The molecule has 0 spiro atoms. The van der Waals surface area contributed by atoms with E-state index in [4.69, 9.17) is 4.74 Å². The average Bonchev–Trinajstić information content (AvgIpc) is 2.46. The van der Waals surface area contributed by atoms with E-state index in [0.29, 0.717) is 6.04 Å². The molecule has 0 aromatic rings. The van der Waals surface area contributed by atoms with Crippen LogP contribution in [0.25, 0.3) is 0 Å². The van der Waals surface area contributed by atoms with Crippen molar-refractivity contribution in [2.24, 2.45) is 0 Å². The van der Waals surface area contributed by atoms with Gasteiger partial charge in [0.25, 0.3) is 0 Å². The number of rotatable bonds is 9. The molecule has 1 fully saturated rings. The minimum absolute atomic E-state index is 0.681. The van der Waals surface area contributed by atoms with Gasteiger partial charge in [0, 0.05) is 31.8 Å². The van der Waals surface area contributed by atoms with Crippen LogP contribution in [-0.2, 0) is 4.74 Å². The predicted molar refractivity (Wildman–Crippen MR) is 82.7 cm³/mol. The highest BCUT2D eigenvalue weighted by Gasteiger charge is 2.27. The summed E-state index contributed by atoms with van der Waals surface area (Å²) in [7, 11) is 1.81. The molecule has 1 aliphatic carbocycles. The van der Waals surface area contributed by atoms with E-state index in [-0.39, 0.29) is 0 Å². The monoisotopic (exact) mass is 270 g/mol. The Bertz CT molecular complexity index is 215. The molecule has 1 atom stereocenters. The highest BCUT2D eigenvalue weighted by molar-refractivity contribution is 4.84. The zero-order valence-corrected chi connectivity index (χ0v) is 13.5. The number of hydrogen-bond acceptors (Lipinski definition) is 3. The van der Waals surface area contributed by atoms with Crippen LogP contribution in [0.15, 0.2) is 0 Å². The van der Waals surface area contributed by atoms with Gasteiger partial charge in [-0.3, -0.25) is 4.90 Å². The van der Waals surface area contributed by atoms with Crippen molar-refractivity contribution >= 4 is 0 Å². The topological polar surface area (TPSA) is 24.5 Å². The lowest BCUT2D eigenvalue weighted by molar-refractivity contribution is 0.0664. The van der Waals surface area contributed by atoms with Crippen molar-refractivity contribution in [2.75, 3.05) is 26.8 Å². The molecule has 3 heteroatoms. The van der Waals surface area contributed by atoms with Crippen molar-refractivity contribution in [3.63, 3.8) is 0 Å². The fraction of sp³-hybridized carbons (Fsp3) is 1.00. The van der Waals surface area contributed by atoms with Gasteiger partial charge in [0.15, 0.2) is 0 Å². The molecule has 1 N–H and O–H groups in total. The Labute approximate surface area is 120 Å². The van der Waals surface area contributed by atoms with E-state index >= 15 is 0 Å². The number of hydrogen-bond donors (Lipinski definition) is 1. The normalized spacial score (nSPS) is 25.7. The van der Waals surface area contributed by atoms with E-state index in [9.17, 15) is 0 Å². The quantitative estimate of drug-likeness (QED) is 0.697. The maximum absolute atomic E-state index is 5.28. The zero-order chi connectivity index (χ0) is 14.1. The molecule has 19 heavy (non-hydrogen) atoms. The molecule has 0 aromatic heterocycles. The molecule has 0 aromatic carbocycles. The Morgan fingerprint density at radius 2 is 1.89 bits per heavy atom. The first-order valence-corrected chi connectivity index (χ1v) is 8.20. The molecule has 1 saturated carbocycles. The Kier molecular flexibility index (Phi) is 8.67. The zero-order valence-electron chi connectivity index (χ0n) is 13.5. The lowest BCUT2D eigenvalue weighted by Crippen LogP contribution is -2.47. The molecule has 1 rings (SSSR count). The molecule has 0 heterocycles. The van der Waals surface area contributed by atoms with Gasteiger partial charge in [0.2, 0.25) is 0 Å². The second-order valence-corrected chi connectivity index (χ2v) is 5.95. The van der Waals surface area contributed by atoms with Gasteiger partial charge < -0.3 is 10.1 Å². The van der Waals surface area contributed by atoms with Crippen LogP contribution < -0.4 is 5.32 Å². The molecular weight excluding hydrogens is 236 g/mol. The lowest BCUT2D eigenvalue weighted by atomic mass is 9.89. The molecule has 3 nitrogen and oxygen atoms in total. The molecule has 0 aliphatic heterocycles. The Morgan fingerprint density at radius 3 is 2.42 bits per heavy atom. The van der Waals surface area contributed by atoms with Gasteiger partial charge in [-0.1, -0.05) is 13.8 Å². The number of nitrogens with zero attached hydrogens (tertiary/aromatic N) is 1. The van der Waals surface area contributed by atoms with E-state index in [2.05, 4.69) is 31.0 Å². The third-order valence-electron chi connectivity index (χ3n) is 4.56. The largest absolute Gasteiger partial charge is 0.383 e. The number of nitrogens with one attached hydrogen (secondary N) is 1. The first-order chi connectivity index (χ1) is 9.22. The SMILES string of the molecule is CCCNC1CCC(N(CCOC)C(C)CC)CC1. The Hall–Kier alpha value is -0.120. The van der Waals surface area contributed by atoms with Crippen LogP contribution in [0.5, 0.6) is 0 Å². The molecule has 0 amide bonds. The van der Waals surface area contributed by atoms with Gasteiger partial charge in [0.1, 0.15) is 0 Å². The van der Waals surface area contributed by atoms with E-state index in [1.165, 1.54) is 45.1 Å². The molecular formula is C16H34N2O. The van der Waals surface area contributed by atoms with E-state index in [1.807, 2.05) is 0 Å². The Morgan fingerprint density at radius 1 is 1.21 bits per heavy atom. The first-order valence-electron chi connectivity index (χ1n) is 8.20. The minimum Gasteiger partial charge on any atom is -0.383 e. The summed E-state index contributed by atoms with van der Waals surface area (Å²) in [6.45, 7) is 10.0. The maximum Gasteiger partial charge on any atom is 0.0589 e. The van der Waals surface area contributed by atoms with Crippen LogP contribution in [-0.4, -0.2) is 49.8 Å². The van der Waals surface area contributed by atoms with E-state index < -0.39 is 0 Å². The van der Waals surface area contributed by atoms with E-state index in [1.54, 1.807) is 7.11 Å². The highest BCUT2D eigenvalue weighted by atomic mass is 16.5. The third-order valence-corrected chi connectivity index (χ3v) is 4.56. The van der Waals surface area contributed by atoms with Crippen LogP contribution in [0.3, 0.4) is 0 Å². The summed E-state index contributed by atoms with van der Waals surface area (Å²) in [5.41, 5.74) is 0. The van der Waals surface area contributed by atoms with Crippen molar-refractivity contribution in [3.05, 3.63) is 0 Å². The third kappa shape index (κ3) is 5.80. The van der Waals surface area contributed by atoms with Gasteiger partial charge in [-0.05, 0) is 52.0 Å². The number of methoxy groups -OCH3 is 1. The number of ether oxygens (including phenoxy) is 1. The van der Waals surface area contributed by atoms with Crippen LogP contribution >= 0.6 is 0 Å².